The number of aromatic amines is 1. The maximum atomic E-state index is 10.5. The standard InChI is InChI=1S/C6H10N4O/c1-4(11)8-2-5-3-9-10-6(5)7/h3H,2H2,1H3,(H,8,11)(H3,7,9,10). The van der Waals surface area contributed by atoms with Crippen molar-refractivity contribution in [1.82, 2.24) is 15.5 Å². The summed E-state index contributed by atoms with van der Waals surface area (Å²) in [4.78, 5) is 10.5. The molecule has 1 amide bonds. The summed E-state index contributed by atoms with van der Waals surface area (Å²) in [6.45, 7) is 1.88. The number of rotatable bonds is 2. The van der Waals surface area contributed by atoms with Gasteiger partial charge < -0.3 is 11.1 Å². The number of amides is 1. The number of nitrogens with one attached hydrogen (secondary N) is 2. The Hall–Kier alpha value is -1.52. The smallest absolute Gasteiger partial charge is 0.217 e. The molecule has 0 aromatic carbocycles. The van der Waals surface area contributed by atoms with E-state index < -0.39 is 0 Å². The molecule has 0 aliphatic heterocycles. The van der Waals surface area contributed by atoms with Crippen LogP contribution in [-0.4, -0.2) is 16.1 Å². The quantitative estimate of drug-likeness (QED) is 0.543. The number of nitrogens with zero attached hydrogens (tertiary/aromatic N) is 1. The third kappa shape index (κ3) is 1.96. The molecule has 0 unspecified atom stereocenters. The molecule has 0 aliphatic carbocycles. The number of nitrogens with two attached hydrogens (primary N) is 1. The maximum Gasteiger partial charge on any atom is 0.217 e. The summed E-state index contributed by atoms with van der Waals surface area (Å²) in [6.07, 6.45) is 1.59. The Labute approximate surface area is 64.0 Å². The van der Waals surface area contributed by atoms with Crippen LogP contribution in [0.3, 0.4) is 0 Å². The van der Waals surface area contributed by atoms with Crippen LogP contribution >= 0.6 is 0 Å². The second-order valence-electron chi connectivity index (χ2n) is 2.22. The topological polar surface area (TPSA) is 83.8 Å². The van der Waals surface area contributed by atoms with Crippen LogP contribution in [0.25, 0.3) is 0 Å². The number of nitrogen functional groups attached to an aromatic ring is 1. The highest BCUT2D eigenvalue weighted by atomic mass is 16.1. The fourth-order valence-electron chi connectivity index (χ4n) is 0.682. The zero-order chi connectivity index (χ0) is 8.27. The van der Waals surface area contributed by atoms with Gasteiger partial charge in [0.2, 0.25) is 5.91 Å². The zero-order valence-corrected chi connectivity index (χ0v) is 6.22. The molecule has 0 radical (unpaired) electrons. The Bertz CT molecular complexity index is 255. The first-order valence-corrected chi connectivity index (χ1v) is 3.22. The average Bonchev–Trinajstić information content (AvgIpc) is 2.31. The van der Waals surface area contributed by atoms with Crippen molar-refractivity contribution >= 4 is 11.7 Å². The maximum absolute atomic E-state index is 10.5. The summed E-state index contributed by atoms with van der Waals surface area (Å²) < 4.78 is 0. The van der Waals surface area contributed by atoms with E-state index >= 15 is 0 Å². The van der Waals surface area contributed by atoms with E-state index in [0.717, 1.165) is 5.56 Å². The molecule has 0 bridgehead atoms. The van der Waals surface area contributed by atoms with Crippen LogP contribution in [0.1, 0.15) is 12.5 Å². The van der Waals surface area contributed by atoms with E-state index in [0.29, 0.717) is 12.4 Å². The van der Waals surface area contributed by atoms with Gasteiger partial charge in [0.05, 0.1) is 6.20 Å². The summed E-state index contributed by atoms with van der Waals surface area (Å²) in [7, 11) is 0. The van der Waals surface area contributed by atoms with Gasteiger partial charge in [-0.15, -0.1) is 0 Å². The summed E-state index contributed by atoms with van der Waals surface area (Å²) in [5, 5.41) is 8.88. The largest absolute Gasteiger partial charge is 0.384 e. The van der Waals surface area contributed by atoms with Crippen LogP contribution in [0, 0.1) is 0 Å². The van der Waals surface area contributed by atoms with Gasteiger partial charge in [0.25, 0.3) is 0 Å². The Morgan fingerprint density at radius 3 is 3.09 bits per heavy atom. The minimum Gasteiger partial charge on any atom is -0.384 e. The highest BCUT2D eigenvalue weighted by Gasteiger charge is 2.00. The van der Waals surface area contributed by atoms with Gasteiger partial charge in [-0.25, -0.2) is 0 Å². The van der Waals surface area contributed by atoms with Crippen molar-refractivity contribution in [3.05, 3.63) is 11.8 Å². The molecule has 1 heterocycles. The van der Waals surface area contributed by atoms with Crippen LogP contribution < -0.4 is 11.1 Å². The normalized spacial score (nSPS) is 9.55. The van der Waals surface area contributed by atoms with Crippen molar-refractivity contribution < 1.29 is 4.79 Å². The van der Waals surface area contributed by atoms with Crippen LogP contribution in [0.2, 0.25) is 0 Å². The Morgan fingerprint density at radius 2 is 2.64 bits per heavy atom. The predicted molar refractivity (Wildman–Crippen MR) is 40.5 cm³/mol. The van der Waals surface area contributed by atoms with Crippen molar-refractivity contribution in [1.29, 1.82) is 0 Å². The molecule has 0 aliphatic rings. The van der Waals surface area contributed by atoms with Crippen molar-refractivity contribution in [2.75, 3.05) is 5.73 Å². The first-order chi connectivity index (χ1) is 5.20. The summed E-state index contributed by atoms with van der Waals surface area (Å²) in [5.74, 6) is 0.421. The van der Waals surface area contributed by atoms with E-state index in [2.05, 4.69) is 15.5 Å². The third-order valence-corrected chi connectivity index (χ3v) is 1.28. The second-order valence-corrected chi connectivity index (χ2v) is 2.22. The molecule has 60 valence electrons. The lowest BCUT2D eigenvalue weighted by molar-refractivity contribution is -0.119. The minimum atomic E-state index is -0.0781. The molecule has 1 rings (SSSR count). The number of aromatic nitrogens is 2. The molecule has 11 heavy (non-hydrogen) atoms. The van der Waals surface area contributed by atoms with Crippen molar-refractivity contribution in [3.63, 3.8) is 0 Å². The van der Waals surface area contributed by atoms with Crippen LogP contribution in [0.5, 0.6) is 0 Å². The molecule has 0 atom stereocenters. The highest BCUT2D eigenvalue weighted by Crippen LogP contribution is 2.03. The van der Waals surface area contributed by atoms with Crippen LogP contribution in [0.4, 0.5) is 5.82 Å². The number of anilines is 1. The van der Waals surface area contributed by atoms with Crippen molar-refractivity contribution in [2.45, 2.75) is 13.5 Å². The lowest BCUT2D eigenvalue weighted by Crippen LogP contribution is -2.19. The molecule has 0 spiro atoms. The van der Waals surface area contributed by atoms with Crippen molar-refractivity contribution in [3.8, 4) is 0 Å². The zero-order valence-electron chi connectivity index (χ0n) is 6.22. The van der Waals surface area contributed by atoms with E-state index in [9.17, 15) is 4.79 Å². The second kappa shape index (κ2) is 3.05. The summed E-state index contributed by atoms with van der Waals surface area (Å²) >= 11 is 0. The first-order valence-electron chi connectivity index (χ1n) is 3.22. The van der Waals surface area contributed by atoms with E-state index in [1.54, 1.807) is 6.20 Å². The van der Waals surface area contributed by atoms with Gasteiger partial charge in [-0.1, -0.05) is 0 Å². The number of hydrogen-bond acceptors (Lipinski definition) is 3. The molecular formula is C6H10N4O. The molecule has 5 nitrogen and oxygen atoms in total. The predicted octanol–water partition coefficient (Wildman–Crippen LogP) is -0.372. The van der Waals surface area contributed by atoms with Crippen LogP contribution in [0.15, 0.2) is 6.20 Å². The van der Waals surface area contributed by atoms with Gasteiger partial charge in [0.1, 0.15) is 5.82 Å². The molecule has 4 N–H and O–H groups in total. The van der Waals surface area contributed by atoms with E-state index in [1.165, 1.54) is 6.92 Å². The number of hydrogen-bond donors (Lipinski definition) is 3. The fourth-order valence-corrected chi connectivity index (χ4v) is 0.682. The molecule has 1 aromatic rings. The Balaban J connectivity index is 2.51. The van der Waals surface area contributed by atoms with E-state index in [4.69, 9.17) is 5.73 Å². The number of H-pyrrole nitrogens is 1. The Morgan fingerprint density at radius 1 is 1.91 bits per heavy atom. The Kier molecular flexibility index (Phi) is 2.10. The fraction of sp³-hybridized carbons (Fsp3) is 0.333. The van der Waals surface area contributed by atoms with Gasteiger partial charge in [0, 0.05) is 19.0 Å². The number of carbonyl (C=O) groups excluding carboxylic acids is 1. The lowest BCUT2D eigenvalue weighted by Gasteiger charge is -1.98. The van der Waals surface area contributed by atoms with Crippen molar-refractivity contribution in [2.24, 2.45) is 0 Å². The monoisotopic (exact) mass is 154 g/mol. The first kappa shape index (κ1) is 7.59. The van der Waals surface area contributed by atoms with E-state index in [-0.39, 0.29) is 5.91 Å². The lowest BCUT2D eigenvalue weighted by atomic mass is 10.3. The molecule has 5 heteroatoms. The van der Waals surface area contributed by atoms with Crippen LogP contribution in [-0.2, 0) is 11.3 Å². The molecule has 0 saturated carbocycles. The molecule has 0 fully saturated rings. The van der Waals surface area contributed by atoms with Gasteiger partial charge in [0.15, 0.2) is 0 Å². The van der Waals surface area contributed by atoms with Gasteiger partial charge in [-0.2, -0.15) is 5.10 Å². The SMILES string of the molecule is CC(=O)NCc1cn[nH]c1N. The van der Waals surface area contributed by atoms with E-state index in [1.807, 2.05) is 0 Å². The average molecular weight is 154 g/mol. The molecular weight excluding hydrogens is 144 g/mol. The summed E-state index contributed by atoms with van der Waals surface area (Å²) in [6, 6.07) is 0. The number of carbonyl (C=O) groups is 1. The van der Waals surface area contributed by atoms with Gasteiger partial charge >= 0.3 is 0 Å². The summed E-state index contributed by atoms with van der Waals surface area (Å²) in [5.41, 5.74) is 6.26. The molecule has 0 saturated heterocycles. The van der Waals surface area contributed by atoms with Gasteiger partial charge in [-0.05, 0) is 0 Å². The van der Waals surface area contributed by atoms with Gasteiger partial charge in [-0.3, -0.25) is 9.89 Å². The third-order valence-electron chi connectivity index (χ3n) is 1.28. The molecule has 1 aromatic heterocycles. The highest BCUT2D eigenvalue weighted by molar-refractivity contribution is 5.72. The minimum absolute atomic E-state index is 0.0781.